The lowest BCUT2D eigenvalue weighted by atomic mass is 9.96. The number of hydrogen-bond donors (Lipinski definition) is 0. The largest absolute Gasteiger partial charge is 0.222 e. The molecule has 0 bridgehead atoms. The number of benzene rings is 1. The van der Waals surface area contributed by atoms with E-state index in [9.17, 15) is 0 Å². The first-order valence-corrected chi connectivity index (χ1v) is 8.28. The minimum atomic E-state index is 0.0423. The van der Waals surface area contributed by atoms with Crippen molar-refractivity contribution in [1.29, 1.82) is 0 Å². The highest BCUT2D eigenvalue weighted by Gasteiger charge is 2.10. The van der Waals surface area contributed by atoms with E-state index in [1.165, 1.54) is 32.1 Å². The van der Waals surface area contributed by atoms with Crippen LogP contribution in [0.25, 0.3) is 0 Å². The van der Waals surface area contributed by atoms with Crippen LogP contribution in [0.4, 0.5) is 5.69 Å². The van der Waals surface area contributed by atoms with E-state index >= 15 is 0 Å². The fourth-order valence-electron chi connectivity index (χ4n) is 2.55. The fourth-order valence-corrected chi connectivity index (χ4v) is 2.55. The molecule has 0 N–H and O–H groups in total. The number of nitrogens with zero attached hydrogens (tertiary/aromatic N) is 2. The summed E-state index contributed by atoms with van der Waals surface area (Å²) in [6, 6.07) is 11.5. The van der Waals surface area contributed by atoms with Crippen LogP contribution in [0.3, 0.4) is 0 Å². The predicted octanol–water partition coefficient (Wildman–Crippen LogP) is 5.42. The highest BCUT2D eigenvalue weighted by Crippen LogP contribution is 2.21. The zero-order chi connectivity index (χ0) is 15.8. The topological polar surface area (TPSA) is 24.7 Å². The minimum Gasteiger partial charge on any atom is -0.222 e. The van der Waals surface area contributed by atoms with Gasteiger partial charge in [-0.25, -0.2) is 4.99 Å². The first kappa shape index (κ1) is 16.5. The molecule has 2 nitrogen and oxygen atoms in total. The van der Waals surface area contributed by atoms with Crippen molar-refractivity contribution in [2.45, 2.75) is 65.3 Å². The van der Waals surface area contributed by atoms with Gasteiger partial charge in [0.25, 0.3) is 0 Å². The van der Waals surface area contributed by atoms with Gasteiger partial charge >= 0.3 is 0 Å². The average molecular weight is 294 g/mol. The molecular formula is C20H26N2. The molecule has 0 aromatic heterocycles. The quantitative estimate of drug-likeness (QED) is 0.525. The number of rotatable bonds is 3. The Labute approximate surface area is 134 Å². The molecule has 0 amide bonds. The lowest BCUT2D eigenvalue weighted by Gasteiger charge is -2.15. The van der Waals surface area contributed by atoms with E-state index in [0.717, 1.165) is 17.7 Å². The van der Waals surface area contributed by atoms with Crippen molar-refractivity contribution in [2.24, 2.45) is 15.4 Å². The molecule has 0 saturated heterocycles. The maximum Gasteiger partial charge on any atom is 0.0951 e. The van der Waals surface area contributed by atoms with Crippen molar-refractivity contribution in [3.05, 3.63) is 29.8 Å². The monoisotopic (exact) mass is 294 g/mol. The van der Waals surface area contributed by atoms with Gasteiger partial charge < -0.3 is 0 Å². The van der Waals surface area contributed by atoms with Gasteiger partial charge in [0.05, 0.1) is 17.7 Å². The molecule has 2 rings (SSSR count). The van der Waals surface area contributed by atoms with Crippen LogP contribution >= 0.6 is 0 Å². The molecule has 0 atom stereocenters. The summed E-state index contributed by atoms with van der Waals surface area (Å²) in [5, 5.41) is 0. The van der Waals surface area contributed by atoms with Crippen molar-refractivity contribution >= 4 is 11.7 Å². The minimum absolute atomic E-state index is 0.0423. The molecule has 1 aromatic carbocycles. The molecule has 1 aliphatic carbocycles. The summed E-state index contributed by atoms with van der Waals surface area (Å²) in [6.07, 6.45) is 7.01. The van der Waals surface area contributed by atoms with E-state index in [1.807, 2.05) is 18.2 Å². The molecule has 0 heterocycles. The van der Waals surface area contributed by atoms with Gasteiger partial charge in [0.15, 0.2) is 0 Å². The Bertz CT molecular complexity index is 599. The van der Waals surface area contributed by atoms with Crippen LogP contribution in [0, 0.1) is 17.3 Å². The molecule has 1 aromatic rings. The Hall–Kier alpha value is -1.84. The van der Waals surface area contributed by atoms with E-state index in [1.54, 1.807) is 0 Å². The van der Waals surface area contributed by atoms with E-state index in [0.29, 0.717) is 6.04 Å². The molecule has 0 radical (unpaired) electrons. The summed E-state index contributed by atoms with van der Waals surface area (Å²) >= 11 is 0. The molecule has 2 heteroatoms. The Morgan fingerprint density at radius 2 is 1.82 bits per heavy atom. The van der Waals surface area contributed by atoms with E-state index in [-0.39, 0.29) is 5.41 Å². The van der Waals surface area contributed by atoms with Gasteiger partial charge in [-0.15, -0.1) is 0 Å². The molecule has 0 unspecified atom stereocenters. The average Bonchev–Trinajstić information content (AvgIpc) is 2.49. The summed E-state index contributed by atoms with van der Waals surface area (Å²) in [5.41, 5.74) is 2.12. The number of para-hydroxylation sites is 1. The van der Waals surface area contributed by atoms with Gasteiger partial charge in [-0.3, -0.25) is 0 Å². The maximum atomic E-state index is 4.49. The molecule has 22 heavy (non-hydrogen) atoms. The second-order valence-electron chi connectivity index (χ2n) is 6.99. The first-order valence-electron chi connectivity index (χ1n) is 8.28. The van der Waals surface area contributed by atoms with Gasteiger partial charge in [-0.05, 0) is 45.2 Å². The Morgan fingerprint density at radius 1 is 1.09 bits per heavy atom. The van der Waals surface area contributed by atoms with E-state index in [4.69, 9.17) is 0 Å². The van der Waals surface area contributed by atoms with Gasteiger partial charge in [0, 0.05) is 11.8 Å². The maximum absolute atomic E-state index is 4.49. The second-order valence-corrected chi connectivity index (χ2v) is 6.99. The van der Waals surface area contributed by atoms with Crippen molar-refractivity contribution in [3.63, 3.8) is 0 Å². The van der Waals surface area contributed by atoms with Crippen LogP contribution in [0.2, 0.25) is 0 Å². The van der Waals surface area contributed by atoms with Crippen LogP contribution in [0.5, 0.6) is 0 Å². The summed E-state index contributed by atoms with van der Waals surface area (Å²) in [7, 11) is 0. The van der Waals surface area contributed by atoms with Gasteiger partial charge in [0.2, 0.25) is 0 Å². The van der Waals surface area contributed by atoms with Crippen LogP contribution in [0.15, 0.2) is 34.3 Å². The number of aliphatic imine (C=N–C) groups is 2. The summed E-state index contributed by atoms with van der Waals surface area (Å²) < 4.78 is 0. The molecule has 1 aliphatic rings. The van der Waals surface area contributed by atoms with E-state index < -0.39 is 0 Å². The van der Waals surface area contributed by atoms with Gasteiger partial charge in [-0.1, -0.05) is 49.3 Å². The van der Waals surface area contributed by atoms with Crippen LogP contribution < -0.4 is 0 Å². The highest BCUT2D eigenvalue weighted by molar-refractivity contribution is 5.57. The normalized spacial score (nSPS) is 15.4. The first-order chi connectivity index (χ1) is 10.5. The zero-order valence-electron chi connectivity index (χ0n) is 14.0. The summed E-state index contributed by atoms with van der Waals surface area (Å²) in [6.45, 7) is 6.38. The summed E-state index contributed by atoms with van der Waals surface area (Å²) in [5.74, 6) is 6.52. The molecular weight excluding hydrogens is 268 g/mol. The molecule has 0 aliphatic heterocycles. The summed E-state index contributed by atoms with van der Waals surface area (Å²) in [4.78, 5) is 8.92. The third-order valence-electron chi connectivity index (χ3n) is 3.72. The Kier molecular flexibility index (Phi) is 5.99. The van der Waals surface area contributed by atoms with Gasteiger partial charge in [0.1, 0.15) is 0 Å². The zero-order valence-corrected chi connectivity index (χ0v) is 14.0. The van der Waals surface area contributed by atoms with Crippen molar-refractivity contribution < 1.29 is 0 Å². The molecule has 1 fully saturated rings. The van der Waals surface area contributed by atoms with Crippen molar-refractivity contribution in [3.8, 4) is 11.8 Å². The standard InChI is InChI=1S/C20H26N2/c1-20(2,3)15-9-11-17-10-7-8-14-19(17)22-16-21-18-12-5-4-6-13-18/h7-8,10,14,18H,4-6,11-13H2,1-3H3. The van der Waals surface area contributed by atoms with Crippen molar-refractivity contribution in [2.75, 3.05) is 0 Å². The number of hydrogen-bond acceptors (Lipinski definition) is 2. The third-order valence-corrected chi connectivity index (χ3v) is 3.72. The Morgan fingerprint density at radius 3 is 2.55 bits per heavy atom. The van der Waals surface area contributed by atoms with Crippen molar-refractivity contribution in [1.82, 2.24) is 0 Å². The third kappa shape index (κ3) is 5.88. The SMILES string of the molecule is CC(C)(C)C#CCc1ccccc1N=C=NC1CCCCC1. The molecule has 0 spiro atoms. The smallest absolute Gasteiger partial charge is 0.0951 e. The lowest BCUT2D eigenvalue weighted by molar-refractivity contribution is 0.444. The second kappa shape index (κ2) is 7.97. The van der Waals surface area contributed by atoms with E-state index in [2.05, 4.69) is 54.7 Å². The fraction of sp³-hybridized carbons (Fsp3) is 0.550. The van der Waals surface area contributed by atoms with Crippen LogP contribution in [-0.2, 0) is 6.42 Å². The predicted molar refractivity (Wildman–Crippen MR) is 93.8 cm³/mol. The Balaban J connectivity index is 2.07. The molecule has 116 valence electrons. The molecule has 1 saturated carbocycles. The van der Waals surface area contributed by atoms with Crippen LogP contribution in [0.1, 0.15) is 58.4 Å². The van der Waals surface area contributed by atoms with Gasteiger partial charge in [-0.2, -0.15) is 4.99 Å². The van der Waals surface area contributed by atoms with Crippen LogP contribution in [-0.4, -0.2) is 12.1 Å². The highest BCUT2D eigenvalue weighted by atomic mass is 14.8. The lowest BCUT2D eigenvalue weighted by Crippen LogP contribution is -2.08.